The third-order valence-corrected chi connectivity index (χ3v) is 11.8. The van der Waals surface area contributed by atoms with Gasteiger partial charge in [0.15, 0.2) is 0 Å². The number of anilines is 1. The number of fused-ring (bicyclic) bond motifs is 10. The van der Waals surface area contributed by atoms with E-state index >= 15 is 0 Å². The summed E-state index contributed by atoms with van der Waals surface area (Å²) in [5.74, 6) is 3.17. The first kappa shape index (κ1) is 22.7. The van der Waals surface area contributed by atoms with Crippen molar-refractivity contribution >= 4 is 62.1 Å². The molecule has 5 heterocycles. The molecule has 4 nitrogen and oxygen atoms in total. The summed E-state index contributed by atoms with van der Waals surface area (Å²) < 4.78 is 11.8. The zero-order valence-electron chi connectivity index (χ0n) is 24.1. The first-order chi connectivity index (χ1) is 20.8. The lowest BCUT2D eigenvalue weighted by Crippen LogP contribution is -2.54. The Hall–Kier alpha value is -3.86. The van der Waals surface area contributed by atoms with Gasteiger partial charge >= 0.3 is 0 Å². The van der Waals surface area contributed by atoms with Crippen LogP contribution >= 0.6 is 0 Å². The third kappa shape index (κ3) is 2.64. The predicted octanol–water partition coefficient (Wildman–Crippen LogP) is 7.72. The molecular formula is C37H34BN3O. The number of benzene rings is 3. The van der Waals surface area contributed by atoms with E-state index in [9.17, 15) is 0 Å². The van der Waals surface area contributed by atoms with Crippen molar-refractivity contribution < 1.29 is 4.42 Å². The SMILES string of the molecule is CCCCc1cc2c3c(c1)-n1c4oc5ccccc5c4n4c5ccccc5c(c14)B3C1=C(N2)C2CC3CC(C2)CC1C3. The minimum absolute atomic E-state index is 0.308. The molecule has 0 radical (unpaired) electrons. The van der Waals surface area contributed by atoms with Gasteiger partial charge in [0.2, 0.25) is 12.4 Å². The van der Waals surface area contributed by atoms with E-state index < -0.39 is 0 Å². The standard InChI is InChI=1S/C37H34BN3O/c1-2-3-8-20-18-27-33-29(19-20)41-36-32(38(33)31-23-14-21-13-22(15-23)17-24(16-21)34(31)39-27)25-9-4-6-11-28(25)40(36)35-26-10-5-7-12-30(26)42-37(35)41/h4-7,9-12,18-19,21-24,39H,2-3,8,13-17H2,1H3. The van der Waals surface area contributed by atoms with Crippen LogP contribution in [0.3, 0.4) is 0 Å². The Morgan fingerprint density at radius 1 is 0.881 bits per heavy atom. The number of rotatable bonds is 3. The summed E-state index contributed by atoms with van der Waals surface area (Å²) in [6, 6.07) is 22.8. The smallest absolute Gasteiger partial charge is 0.250 e. The van der Waals surface area contributed by atoms with Crippen LogP contribution < -0.4 is 16.2 Å². The number of para-hydroxylation sites is 2. The van der Waals surface area contributed by atoms with Crippen molar-refractivity contribution in [1.82, 2.24) is 8.97 Å². The molecule has 6 aromatic rings. The van der Waals surface area contributed by atoms with Crippen LogP contribution in [0.2, 0.25) is 0 Å². The summed E-state index contributed by atoms with van der Waals surface area (Å²) in [4.78, 5) is 0. The number of imidazole rings is 1. The lowest BCUT2D eigenvalue weighted by atomic mass is 9.31. The average Bonchev–Trinajstić information content (AvgIpc) is 3.61. The minimum atomic E-state index is 0.308. The van der Waals surface area contributed by atoms with Gasteiger partial charge in [-0.05, 0) is 121 Å². The number of nitrogens with zero attached hydrogens (tertiary/aromatic N) is 2. The van der Waals surface area contributed by atoms with Crippen molar-refractivity contribution in [2.45, 2.75) is 58.3 Å². The zero-order valence-corrected chi connectivity index (χ0v) is 24.1. The molecule has 12 rings (SSSR count). The Balaban J connectivity index is 1.33. The molecule has 6 aliphatic rings. The lowest BCUT2D eigenvalue weighted by Gasteiger charge is -2.39. The summed E-state index contributed by atoms with van der Waals surface area (Å²) in [5.41, 5.74) is 16.3. The molecule has 4 aliphatic carbocycles. The summed E-state index contributed by atoms with van der Waals surface area (Å²) in [6.07, 6.45) is 10.5. The van der Waals surface area contributed by atoms with Crippen molar-refractivity contribution in [3.8, 4) is 5.69 Å². The van der Waals surface area contributed by atoms with E-state index in [-0.39, 0.29) is 0 Å². The molecule has 4 bridgehead atoms. The molecule has 1 N–H and O–H groups in total. The van der Waals surface area contributed by atoms with E-state index in [0.717, 1.165) is 29.6 Å². The second kappa shape index (κ2) is 7.75. The van der Waals surface area contributed by atoms with E-state index in [1.54, 1.807) is 11.2 Å². The topological polar surface area (TPSA) is 34.5 Å². The highest BCUT2D eigenvalue weighted by Gasteiger charge is 2.51. The van der Waals surface area contributed by atoms with Crippen LogP contribution in [0.5, 0.6) is 0 Å². The fourth-order valence-electron chi connectivity index (χ4n) is 10.5. The van der Waals surface area contributed by atoms with E-state index in [1.165, 1.54) is 100 Å². The number of allylic oxidation sites excluding steroid dienone is 2. The Labute approximate surface area is 245 Å². The highest BCUT2D eigenvalue weighted by molar-refractivity contribution is 6.96. The number of hydrogen-bond donors (Lipinski definition) is 1. The molecule has 2 saturated carbocycles. The van der Waals surface area contributed by atoms with Crippen LogP contribution in [0.15, 0.2) is 76.3 Å². The van der Waals surface area contributed by atoms with Crippen molar-refractivity contribution in [2.75, 3.05) is 5.32 Å². The molecule has 2 atom stereocenters. The molecule has 0 spiro atoms. The fourth-order valence-corrected chi connectivity index (χ4v) is 10.5. The molecule has 2 aliphatic heterocycles. The second-order valence-electron chi connectivity index (χ2n) is 14.1. The van der Waals surface area contributed by atoms with Gasteiger partial charge in [0.05, 0.1) is 5.52 Å². The maximum Gasteiger partial charge on any atom is 0.250 e. The van der Waals surface area contributed by atoms with Crippen molar-refractivity contribution in [1.29, 1.82) is 0 Å². The van der Waals surface area contributed by atoms with Crippen molar-refractivity contribution in [3.63, 3.8) is 0 Å². The number of nitrogens with one attached hydrogen (secondary N) is 1. The van der Waals surface area contributed by atoms with Crippen LogP contribution in [-0.4, -0.2) is 15.7 Å². The molecule has 3 aromatic heterocycles. The van der Waals surface area contributed by atoms with E-state index in [0.29, 0.717) is 18.5 Å². The van der Waals surface area contributed by atoms with Crippen molar-refractivity contribution in [3.05, 3.63) is 77.4 Å². The third-order valence-electron chi connectivity index (χ3n) is 11.8. The normalized spacial score (nSPS) is 25.1. The molecule has 0 saturated heterocycles. The van der Waals surface area contributed by atoms with Crippen molar-refractivity contribution in [2.24, 2.45) is 23.7 Å². The summed E-state index contributed by atoms with van der Waals surface area (Å²) in [5, 5.41) is 6.81. The highest BCUT2D eigenvalue weighted by atomic mass is 16.3. The molecule has 42 heavy (non-hydrogen) atoms. The first-order valence-electron chi connectivity index (χ1n) is 16.4. The molecule has 5 heteroatoms. The van der Waals surface area contributed by atoms with Gasteiger partial charge in [0.25, 0.3) is 0 Å². The van der Waals surface area contributed by atoms with E-state index in [1.807, 2.05) is 0 Å². The number of aryl methyl sites for hydroxylation is 1. The van der Waals surface area contributed by atoms with Gasteiger partial charge in [0.1, 0.15) is 16.7 Å². The lowest BCUT2D eigenvalue weighted by molar-refractivity contribution is 0.140. The van der Waals surface area contributed by atoms with Gasteiger partial charge in [-0.2, -0.15) is 0 Å². The molecular weight excluding hydrogens is 513 g/mol. The maximum absolute atomic E-state index is 6.79. The Kier molecular flexibility index (Phi) is 4.19. The van der Waals surface area contributed by atoms with Crippen LogP contribution in [0.4, 0.5) is 5.69 Å². The summed E-state index contributed by atoms with van der Waals surface area (Å²) in [7, 11) is 0. The molecule has 206 valence electrons. The molecule has 2 unspecified atom stereocenters. The minimum Gasteiger partial charge on any atom is -0.437 e. The number of hydrogen-bond acceptors (Lipinski definition) is 2. The van der Waals surface area contributed by atoms with Gasteiger partial charge < -0.3 is 9.73 Å². The fraction of sp³-hybridized carbons (Fsp3) is 0.351. The molecule has 3 aromatic carbocycles. The van der Waals surface area contributed by atoms with E-state index in [2.05, 4.69) is 81.9 Å². The van der Waals surface area contributed by atoms with Gasteiger partial charge in [-0.15, -0.1) is 0 Å². The second-order valence-corrected chi connectivity index (χ2v) is 14.1. The predicted molar refractivity (Wildman–Crippen MR) is 173 cm³/mol. The summed E-state index contributed by atoms with van der Waals surface area (Å²) in [6.45, 7) is 2.61. The number of unbranched alkanes of at least 4 members (excludes halogenated alkanes) is 1. The van der Waals surface area contributed by atoms with Gasteiger partial charge in [-0.25, -0.2) is 0 Å². The summed E-state index contributed by atoms with van der Waals surface area (Å²) >= 11 is 0. The molecule has 0 amide bonds. The van der Waals surface area contributed by atoms with Crippen LogP contribution in [0.1, 0.15) is 57.4 Å². The van der Waals surface area contributed by atoms with Gasteiger partial charge in [-0.3, -0.25) is 8.97 Å². The quantitative estimate of drug-likeness (QED) is 0.230. The first-order valence-corrected chi connectivity index (χ1v) is 16.4. The van der Waals surface area contributed by atoms with Crippen LogP contribution in [-0.2, 0) is 6.42 Å². The van der Waals surface area contributed by atoms with Crippen LogP contribution in [0.25, 0.3) is 44.4 Å². The Bertz CT molecular complexity index is 2180. The highest BCUT2D eigenvalue weighted by Crippen LogP contribution is 2.55. The monoisotopic (exact) mass is 547 g/mol. The van der Waals surface area contributed by atoms with Gasteiger partial charge in [0, 0.05) is 22.5 Å². The van der Waals surface area contributed by atoms with Crippen LogP contribution in [0, 0.1) is 23.7 Å². The Morgan fingerprint density at radius 2 is 1.67 bits per heavy atom. The largest absolute Gasteiger partial charge is 0.437 e. The Morgan fingerprint density at radius 3 is 2.52 bits per heavy atom. The average molecular weight is 548 g/mol. The maximum atomic E-state index is 6.79. The van der Waals surface area contributed by atoms with E-state index in [4.69, 9.17) is 4.42 Å². The van der Waals surface area contributed by atoms with Gasteiger partial charge in [-0.1, -0.05) is 49.1 Å². The number of aromatic nitrogens is 2. The zero-order chi connectivity index (χ0) is 27.3. The molecule has 2 fully saturated rings. The number of furan rings is 1.